The highest BCUT2D eigenvalue weighted by molar-refractivity contribution is 6.04. The summed E-state index contributed by atoms with van der Waals surface area (Å²) in [5.74, 6) is -1.34. The van der Waals surface area contributed by atoms with Gasteiger partial charge in [0.05, 0.1) is 11.1 Å². The monoisotopic (exact) mass is 315 g/mol. The molecule has 3 amide bonds. The van der Waals surface area contributed by atoms with Gasteiger partial charge in [0.2, 0.25) is 0 Å². The average Bonchev–Trinajstić information content (AvgIpc) is 2.52. The van der Waals surface area contributed by atoms with Crippen LogP contribution in [0.3, 0.4) is 0 Å². The summed E-state index contributed by atoms with van der Waals surface area (Å²) in [7, 11) is 0. The van der Waals surface area contributed by atoms with Crippen LogP contribution in [-0.2, 0) is 9.53 Å². The second-order valence-electron chi connectivity index (χ2n) is 4.81. The van der Waals surface area contributed by atoms with E-state index >= 15 is 0 Å². The smallest absolute Gasteiger partial charge is 0.339 e. The first kappa shape index (κ1) is 16.4. The number of pyridine rings is 1. The fourth-order valence-electron chi connectivity index (χ4n) is 2.05. The van der Waals surface area contributed by atoms with Crippen molar-refractivity contribution in [3.8, 4) is 0 Å². The predicted octanol–water partition coefficient (Wildman–Crippen LogP) is 1.55. The number of hydrogen-bond donors (Lipinski definition) is 2. The number of esters is 1. The van der Waals surface area contributed by atoms with E-state index in [2.05, 4.69) is 15.6 Å². The lowest BCUT2D eigenvalue weighted by atomic mass is 10.1. The zero-order valence-corrected chi connectivity index (χ0v) is 12.9. The molecule has 0 saturated heterocycles. The third kappa shape index (κ3) is 4.26. The van der Waals surface area contributed by atoms with Gasteiger partial charge in [0.25, 0.3) is 5.91 Å². The number of nitrogens with zero attached hydrogens (tertiary/aromatic N) is 1. The quantitative estimate of drug-likeness (QED) is 0.834. The van der Waals surface area contributed by atoms with E-state index in [9.17, 15) is 14.4 Å². The summed E-state index contributed by atoms with van der Waals surface area (Å²) in [6.45, 7) is 3.35. The number of amides is 3. The Morgan fingerprint density at radius 1 is 1.22 bits per heavy atom. The van der Waals surface area contributed by atoms with Gasteiger partial charge >= 0.3 is 12.0 Å². The number of ether oxygens (including phenoxy) is 1. The molecule has 2 N–H and O–H groups in total. The van der Waals surface area contributed by atoms with Crippen LogP contribution in [0.2, 0.25) is 0 Å². The SMILES string of the molecule is CCNC(=O)NC(=O)COC(=O)c1cc(C)nc2ccccc12. The van der Waals surface area contributed by atoms with Gasteiger partial charge in [0.15, 0.2) is 6.61 Å². The molecule has 0 aliphatic heterocycles. The molecular weight excluding hydrogens is 298 g/mol. The number of hydrogen-bond acceptors (Lipinski definition) is 5. The van der Waals surface area contributed by atoms with Gasteiger partial charge in [0, 0.05) is 17.6 Å². The molecule has 0 radical (unpaired) electrons. The highest BCUT2D eigenvalue weighted by atomic mass is 16.5. The normalized spacial score (nSPS) is 10.2. The van der Waals surface area contributed by atoms with Gasteiger partial charge in [-0.3, -0.25) is 15.1 Å². The van der Waals surface area contributed by atoms with Crippen molar-refractivity contribution < 1.29 is 19.1 Å². The average molecular weight is 315 g/mol. The van der Waals surface area contributed by atoms with Crippen molar-refractivity contribution in [3.63, 3.8) is 0 Å². The second-order valence-corrected chi connectivity index (χ2v) is 4.81. The van der Waals surface area contributed by atoms with Crippen LogP contribution < -0.4 is 10.6 Å². The molecule has 0 saturated carbocycles. The fraction of sp³-hybridized carbons (Fsp3) is 0.250. The number of urea groups is 1. The molecule has 2 rings (SSSR count). The van der Waals surface area contributed by atoms with E-state index in [-0.39, 0.29) is 0 Å². The highest BCUT2D eigenvalue weighted by Gasteiger charge is 2.15. The van der Waals surface area contributed by atoms with E-state index in [0.29, 0.717) is 28.7 Å². The summed E-state index contributed by atoms with van der Waals surface area (Å²) >= 11 is 0. The molecule has 23 heavy (non-hydrogen) atoms. The Hall–Kier alpha value is -2.96. The molecular formula is C16H17N3O4. The molecule has 1 aromatic heterocycles. The molecule has 0 fully saturated rings. The predicted molar refractivity (Wildman–Crippen MR) is 84.0 cm³/mol. The largest absolute Gasteiger partial charge is 0.452 e. The van der Waals surface area contributed by atoms with E-state index in [1.807, 2.05) is 6.07 Å². The van der Waals surface area contributed by atoms with Gasteiger partial charge < -0.3 is 10.1 Å². The molecule has 7 nitrogen and oxygen atoms in total. The standard InChI is InChI=1S/C16H17N3O4/c1-3-17-16(22)19-14(20)9-23-15(21)12-8-10(2)18-13-7-5-4-6-11(12)13/h4-8H,3,9H2,1-2H3,(H2,17,19,20,22). The first-order valence-corrected chi connectivity index (χ1v) is 7.12. The molecule has 0 spiro atoms. The van der Waals surface area contributed by atoms with Gasteiger partial charge in [-0.05, 0) is 26.0 Å². The van der Waals surface area contributed by atoms with Crippen molar-refractivity contribution in [1.29, 1.82) is 0 Å². The molecule has 0 unspecified atom stereocenters. The summed E-state index contributed by atoms with van der Waals surface area (Å²) in [6.07, 6.45) is 0. The number of nitrogens with one attached hydrogen (secondary N) is 2. The van der Waals surface area contributed by atoms with Crippen molar-refractivity contribution in [2.24, 2.45) is 0 Å². The lowest BCUT2D eigenvalue weighted by molar-refractivity contribution is -0.123. The molecule has 0 aliphatic rings. The number of para-hydroxylation sites is 1. The summed E-state index contributed by atoms with van der Waals surface area (Å²) in [6, 6.07) is 8.14. The number of fused-ring (bicyclic) bond motifs is 1. The second kappa shape index (κ2) is 7.35. The van der Waals surface area contributed by atoms with E-state index in [1.165, 1.54) is 0 Å². The third-order valence-electron chi connectivity index (χ3n) is 2.99. The summed E-state index contributed by atoms with van der Waals surface area (Å²) in [4.78, 5) is 39.3. The Balaban J connectivity index is 2.07. The first-order valence-electron chi connectivity index (χ1n) is 7.12. The molecule has 0 atom stereocenters. The van der Waals surface area contributed by atoms with Crippen molar-refractivity contribution in [3.05, 3.63) is 41.6 Å². The summed E-state index contributed by atoms with van der Waals surface area (Å²) in [5.41, 5.74) is 1.67. The summed E-state index contributed by atoms with van der Waals surface area (Å²) in [5, 5.41) is 5.11. The minimum absolute atomic E-state index is 0.332. The van der Waals surface area contributed by atoms with Gasteiger partial charge in [0.1, 0.15) is 0 Å². The van der Waals surface area contributed by atoms with Crippen LogP contribution in [0.4, 0.5) is 4.79 Å². The van der Waals surface area contributed by atoms with Crippen LogP contribution in [0.15, 0.2) is 30.3 Å². The lowest BCUT2D eigenvalue weighted by Gasteiger charge is -2.08. The van der Waals surface area contributed by atoms with E-state index < -0.39 is 24.5 Å². The molecule has 7 heteroatoms. The summed E-state index contributed by atoms with van der Waals surface area (Å²) < 4.78 is 4.97. The zero-order valence-electron chi connectivity index (χ0n) is 12.9. The number of carbonyl (C=O) groups is 3. The van der Waals surface area contributed by atoms with Crippen LogP contribution in [-0.4, -0.2) is 36.0 Å². The number of aryl methyl sites for hydroxylation is 1. The minimum Gasteiger partial charge on any atom is -0.452 e. The molecule has 120 valence electrons. The molecule has 1 aromatic carbocycles. The Bertz CT molecular complexity index is 758. The maximum atomic E-state index is 12.2. The van der Waals surface area contributed by atoms with Crippen LogP contribution >= 0.6 is 0 Å². The number of aromatic nitrogens is 1. The number of rotatable bonds is 4. The topological polar surface area (TPSA) is 97.4 Å². The number of carbonyl (C=O) groups excluding carboxylic acids is 3. The van der Waals surface area contributed by atoms with Crippen LogP contribution in [0, 0.1) is 6.92 Å². The fourth-order valence-corrected chi connectivity index (χ4v) is 2.05. The van der Waals surface area contributed by atoms with Gasteiger partial charge in [-0.25, -0.2) is 9.59 Å². The number of benzene rings is 1. The molecule has 1 heterocycles. The Morgan fingerprint density at radius 3 is 2.70 bits per heavy atom. The lowest BCUT2D eigenvalue weighted by Crippen LogP contribution is -2.41. The maximum Gasteiger partial charge on any atom is 0.339 e. The highest BCUT2D eigenvalue weighted by Crippen LogP contribution is 2.18. The molecule has 2 aromatic rings. The van der Waals surface area contributed by atoms with E-state index in [4.69, 9.17) is 4.74 Å². The Kier molecular flexibility index (Phi) is 5.24. The van der Waals surface area contributed by atoms with Gasteiger partial charge in [-0.2, -0.15) is 0 Å². The van der Waals surface area contributed by atoms with E-state index in [0.717, 1.165) is 0 Å². The van der Waals surface area contributed by atoms with Gasteiger partial charge in [-0.1, -0.05) is 18.2 Å². The van der Waals surface area contributed by atoms with Gasteiger partial charge in [-0.15, -0.1) is 0 Å². The van der Waals surface area contributed by atoms with Crippen LogP contribution in [0.5, 0.6) is 0 Å². The number of imide groups is 1. The first-order chi connectivity index (χ1) is 11.0. The molecule has 0 aliphatic carbocycles. The van der Waals surface area contributed by atoms with E-state index in [1.54, 1.807) is 38.1 Å². The third-order valence-corrected chi connectivity index (χ3v) is 2.99. The van der Waals surface area contributed by atoms with Crippen molar-refractivity contribution >= 4 is 28.8 Å². The Labute approximate surface area is 133 Å². The van der Waals surface area contributed by atoms with Crippen LogP contribution in [0.1, 0.15) is 23.0 Å². The molecule has 0 bridgehead atoms. The van der Waals surface area contributed by atoms with Crippen molar-refractivity contribution in [2.75, 3.05) is 13.2 Å². The van der Waals surface area contributed by atoms with Crippen LogP contribution in [0.25, 0.3) is 10.9 Å². The zero-order chi connectivity index (χ0) is 16.8. The Morgan fingerprint density at radius 2 is 1.96 bits per heavy atom. The minimum atomic E-state index is -0.695. The van der Waals surface area contributed by atoms with Crippen molar-refractivity contribution in [2.45, 2.75) is 13.8 Å². The maximum absolute atomic E-state index is 12.2. The van der Waals surface area contributed by atoms with Crippen molar-refractivity contribution in [1.82, 2.24) is 15.6 Å².